The Kier molecular flexibility index (Phi) is 4.04. The summed E-state index contributed by atoms with van der Waals surface area (Å²) in [6.45, 7) is 1.00. The van der Waals surface area contributed by atoms with Crippen LogP contribution >= 0.6 is 0 Å². The molecule has 0 radical (unpaired) electrons. The standard InChI is InChI=1S/C20H17N3O2/c24-20-22-18-7-4-12-21-19(18)23(20)13-15-8-10-17(11-9-15)25-14-16-5-2-1-3-6-16/h1-12H,13-14H2,(H,22,24). The molecule has 0 bridgehead atoms. The number of imidazole rings is 1. The molecule has 0 aliphatic heterocycles. The quantitative estimate of drug-likeness (QED) is 0.610. The van der Waals surface area contributed by atoms with Crippen molar-refractivity contribution in [3.63, 3.8) is 0 Å². The van der Waals surface area contributed by atoms with Gasteiger partial charge in [0, 0.05) is 6.20 Å². The topological polar surface area (TPSA) is 59.9 Å². The second-order valence-corrected chi connectivity index (χ2v) is 5.81. The first-order chi connectivity index (χ1) is 12.3. The van der Waals surface area contributed by atoms with Gasteiger partial charge < -0.3 is 9.72 Å². The van der Waals surface area contributed by atoms with Crippen LogP contribution in [-0.4, -0.2) is 14.5 Å². The summed E-state index contributed by atoms with van der Waals surface area (Å²) < 4.78 is 7.42. The normalized spacial score (nSPS) is 10.9. The van der Waals surface area contributed by atoms with Crippen LogP contribution in [0, 0.1) is 0 Å². The number of fused-ring (bicyclic) bond motifs is 1. The monoisotopic (exact) mass is 331 g/mol. The lowest BCUT2D eigenvalue weighted by Crippen LogP contribution is -2.17. The first kappa shape index (κ1) is 15.2. The average molecular weight is 331 g/mol. The molecule has 0 amide bonds. The van der Waals surface area contributed by atoms with Crippen molar-refractivity contribution in [1.29, 1.82) is 0 Å². The molecule has 4 rings (SSSR count). The Morgan fingerprint density at radius 2 is 1.72 bits per heavy atom. The van der Waals surface area contributed by atoms with Crippen LogP contribution in [0.5, 0.6) is 5.75 Å². The van der Waals surface area contributed by atoms with Crippen LogP contribution in [0.4, 0.5) is 0 Å². The van der Waals surface area contributed by atoms with Crippen LogP contribution in [0.15, 0.2) is 77.7 Å². The number of hydrogen-bond donors (Lipinski definition) is 1. The SMILES string of the molecule is O=c1[nH]c2cccnc2n1Cc1ccc(OCc2ccccc2)cc1. The van der Waals surface area contributed by atoms with Gasteiger partial charge in [0.1, 0.15) is 12.4 Å². The van der Waals surface area contributed by atoms with Crippen molar-refractivity contribution >= 4 is 11.2 Å². The molecule has 4 aromatic rings. The molecule has 0 fully saturated rings. The first-order valence-electron chi connectivity index (χ1n) is 8.09. The Hall–Kier alpha value is -3.34. The summed E-state index contributed by atoms with van der Waals surface area (Å²) in [6, 6.07) is 21.5. The summed E-state index contributed by atoms with van der Waals surface area (Å²) in [4.78, 5) is 19.2. The number of rotatable bonds is 5. The smallest absolute Gasteiger partial charge is 0.327 e. The van der Waals surface area contributed by atoms with E-state index in [2.05, 4.69) is 9.97 Å². The van der Waals surface area contributed by atoms with Crippen LogP contribution in [0.3, 0.4) is 0 Å². The molecule has 0 aliphatic rings. The van der Waals surface area contributed by atoms with E-state index < -0.39 is 0 Å². The molecule has 25 heavy (non-hydrogen) atoms. The molecule has 0 unspecified atom stereocenters. The van der Waals surface area contributed by atoms with Gasteiger partial charge >= 0.3 is 5.69 Å². The second-order valence-electron chi connectivity index (χ2n) is 5.81. The zero-order valence-corrected chi connectivity index (χ0v) is 13.6. The molecule has 2 aromatic carbocycles. The molecule has 2 heterocycles. The number of benzene rings is 2. The van der Waals surface area contributed by atoms with Crippen molar-refractivity contribution in [1.82, 2.24) is 14.5 Å². The van der Waals surface area contributed by atoms with Gasteiger partial charge in [-0.2, -0.15) is 0 Å². The molecule has 5 nitrogen and oxygen atoms in total. The molecule has 0 saturated heterocycles. The Balaban J connectivity index is 1.48. The summed E-state index contributed by atoms with van der Waals surface area (Å²) in [5.41, 5.74) is 3.40. The second kappa shape index (κ2) is 6.65. The van der Waals surface area contributed by atoms with Gasteiger partial charge in [0.25, 0.3) is 0 Å². The van der Waals surface area contributed by atoms with Crippen LogP contribution in [-0.2, 0) is 13.2 Å². The molecule has 0 saturated carbocycles. The molecule has 5 heteroatoms. The molecule has 1 N–H and O–H groups in total. The van der Waals surface area contributed by atoms with E-state index in [4.69, 9.17) is 4.74 Å². The summed E-state index contributed by atoms with van der Waals surface area (Å²) in [6.07, 6.45) is 1.69. The minimum absolute atomic E-state index is 0.155. The number of pyridine rings is 1. The molecule has 0 aliphatic carbocycles. The van der Waals surface area contributed by atoms with Gasteiger partial charge in [0.05, 0.1) is 12.1 Å². The fourth-order valence-corrected chi connectivity index (χ4v) is 2.75. The number of nitrogens with zero attached hydrogens (tertiary/aromatic N) is 2. The van der Waals surface area contributed by atoms with Crippen LogP contribution in [0.25, 0.3) is 11.2 Å². The highest BCUT2D eigenvalue weighted by Crippen LogP contribution is 2.16. The number of nitrogens with one attached hydrogen (secondary N) is 1. The predicted octanol–water partition coefficient (Wildman–Crippen LogP) is 3.35. The Morgan fingerprint density at radius 3 is 2.52 bits per heavy atom. The van der Waals surface area contributed by atoms with Crippen LogP contribution < -0.4 is 10.4 Å². The molecule has 0 spiro atoms. The van der Waals surface area contributed by atoms with E-state index in [1.165, 1.54) is 0 Å². The average Bonchev–Trinajstić information content (AvgIpc) is 2.97. The van der Waals surface area contributed by atoms with Crippen LogP contribution in [0.1, 0.15) is 11.1 Å². The minimum atomic E-state index is -0.155. The van der Waals surface area contributed by atoms with Crippen molar-refractivity contribution in [3.05, 3.63) is 94.5 Å². The van der Waals surface area contributed by atoms with E-state index in [-0.39, 0.29) is 5.69 Å². The van der Waals surface area contributed by atoms with E-state index in [9.17, 15) is 4.79 Å². The van der Waals surface area contributed by atoms with E-state index in [0.29, 0.717) is 18.8 Å². The minimum Gasteiger partial charge on any atom is -0.489 e. The van der Waals surface area contributed by atoms with Gasteiger partial charge in [0.2, 0.25) is 0 Å². The van der Waals surface area contributed by atoms with Gasteiger partial charge in [-0.1, -0.05) is 42.5 Å². The Bertz CT molecular complexity index is 1030. The lowest BCUT2D eigenvalue weighted by molar-refractivity contribution is 0.306. The highest BCUT2D eigenvalue weighted by molar-refractivity contribution is 5.70. The lowest BCUT2D eigenvalue weighted by atomic mass is 10.2. The summed E-state index contributed by atoms with van der Waals surface area (Å²) in [5, 5.41) is 0. The molecular weight excluding hydrogens is 314 g/mol. The third-order valence-corrected chi connectivity index (χ3v) is 4.04. The molecular formula is C20H17N3O2. The van der Waals surface area contributed by atoms with Crippen molar-refractivity contribution < 1.29 is 4.74 Å². The van der Waals surface area contributed by atoms with E-state index in [1.807, 2.05) is 66.7 Å². The molecule has 124 valence electrons. The van der Waals surface area contributed by atoms with Gasteiger partial charge in [-0.3, -0.25) is 4.57 Å². The third kappa shape index (κ3) is 3.30. The molecule has 2 aromatic heterocycles. The first-order valence-corrected chi connectivity index (χ1v) is 8.09. The summed E-state index contributed by atoms with van der Waals surface area (Å²) >= 11 is 0. The van der Waals surface area contributed by atoms with Crippen molar-refractivity contribution in [2.24, 2.45) is 0 Å². The lowest BCUT2D eigenvalue weighted by Gasteiger charge is -2.08. The largest absolute Gasteiger partial charge is 0.489 e. The fraction of sp³-hybridized carbons (Fsp3) is 0.100. The number of hydrogen-bond acceptors (Lipinski definition) is 3. The highest BCUT2D eigenvalue weighted by atomic mass is 16.5. The number of aromatic amines is 1. The number of ether oxygens (including phenoxy) is 1. The van der Waals surface area contributed by atoms with Crippen molar-refractivity contribution in [3.8, 4) is 5.75 Å². The van der Waals surface area contributed by atoms with E-state index in [1.54, 1.807) is 10.8 Å². The van der Waals surface area contributed by atoms with Crippen LogP contribution in [0.2, 0.25) is 0 Å². The van der Waals surface area contributed by atoms with Gasteiger partial charge in [0.15, 0.2) is 5.65 Å². The highest BCUT2D eigenvalue weighted by Gasteiger charge is 2.07. The van der Waals surface area contributed by atoms with E-state index >= 15 is 0 Å². The van der Waals surface area contributed by atoms with Crippen molar-refractivity contribution in [2.45, 2.75) is 13.2 Å². The maximum atomic E-state index is 12.1. The van der Waals surface area contributed by atoms with Gasteiger partial charge in [-0.05, 0) is 35.4 Å². The number of H-pyrrole nitrogens is 1. The van der Waals surface area contributed by atoms with Gasteiger partial charge in [-0.25, -0.2) is 9.78 Å². The zero-order chi connectivity index (χ0) is 17.1. The summed E-state index contributed by atoms with van der Waals surface area (Å²) in [5.74, 6) is 0.803. The summed E-state index contributed by atoms with van der Waals surface area (Å²) in [7, 11) is 0. The Labute approximate surface area is 144 Å². The molecule has 0 atom stereocenters. The maximum absolute atomic E-state index is 12.1. The number of aromatic nitrogens is 3. The zero-order valence-electron chi connectivity index (χ0n) is 13.6. The van der Waals surface area contributed by atoms with Crippen molar-refractivity contribution in [2.75, 3.05) is 0 Å². The fourth-order valence-electron chi connectivity index (χ4n) is 2.75. The van der Waals surface area contributed by atoms with E-state index in [0.717, 1.165) is 22.4 Å². The Morgan fingerprint density at radius 1 is 0.920 bits per heavy atom. The van der Waals surface area contributed by atoms with Gasteiger partial charge in [-0.15, -0.1) is 0 Å². The third-order valence-electron chi connectivity index (χ3n) is 4.04. The predicted molar refractivity (Wildman–Crippen MR) is 96.7 cm³/mol. The maximum Gasteiger partial charge on any atom is 0.327 e.